The van der Waals surface area contributed by atoms with Crippen LogP contribution in [0.15, 0.2) is 0 Å². The molecule has 5 nitrogen and oxygen atoms in total. The van der Waals surface area contributed by atoms with E-state index < -0.39 is 0 Å². The van der Waals surface area contributed by atoms with Crippen LogP contribution in [-0.4, -0.2) is 75.2 Å². The fourth-order valence-electron chi connectivity index (χ4n) is 2.10. The number of carbonyl (C=O) groups excluding carboxylic acids is 1. The van der Waals surface area contributed by atoms with Gasteiger partial charge in [-0.1, -0.05) is 13.3 Å². The van der Waals surface area contributed by atoms with Crippen molar-refractivity contribution in [2.24, 2.45) is 0 Å². The molecule has 0 atom stereocenters. The number of rotatable bonds is 9. The molecule has 112 valence electrons. The Balaban J connectivity index is 1.98. The first-order chi connectivity index (χ1) is 9.22. The lowest BCUT2D eigenvalue weighted by Crippen LogP contribution is -2.41. The smallest absolute Gasteiger partial charge is 0.221 e. The third kappa shape index (κ3) is 8.18. The van der Waals surface area contributed by atoms with Crippen LogP contribution in [0.4, 0.5) is 0 Å². The molecular formula is C14H29N3O2. The van der Waals surface area contributed by atoms with Gasteiger partial charge in [0.25, 0.3) is 0 Å². The van der Waals surface area contributed by atoms with Crippen LogP contribution in [0.2, 0.25) is 0 Å². The second-order valence-corrected chi connectivity index (χ2v) is 5.21. The minimum absolute atomic E-state index is 0.164. The van der Waals surface area contributed by atoms with Gasteiger partial charge in [-0.2, -0.15) is 0 Å². The van der Waals surface area contributed by atoms with E-state index in [-0.39, 0.29) is 5.91 Å². The summed E-state index contributed by atoms with van der Waals surface area (Å²) in [5.74, 6) is 0.164. The zero-order valence-corrected chi connectivity index (χ0v) is 12.5. The quantitative estimate of drug-likeness (QED) is 0.665. The third-order valence-electron chi connectivity index (χ3n) is 3.47. The number of morpholine rings is 1. The van der Waals surface area contributed by atoms with Gasteiger partial charge in [0.05, 0.1) is 13.2 Å². The molecule has 1 N–H and O–H groups in total. The van der Waals surface area contributed by atoms with E-state index in [1.165, 1.54) is 12.8 Å². The molecule has 0 aliphatic carbocycles. The summed E-state index contributed by atoms with van der Waals surface area (Å²) in [4.78, 5) is 16.2. The van der Waals surface area contributed by atoms with E-state index in [0.29, 0.717) is 6.42 Å². The molecule has 5 heteroatoms. The average molecular weight is 271 g/mol. The summed E-state index contributed by atoms with van der Waals surface area (Å²) in [6.45, 7) is 9.39. The second-order valence-electron chi connectivity index (χ2n) is 5.21. The first-order valence-electron chi connectivity index (χ1n) is 7.47. The lowest BCUT2D eigenvalue weighted by Gasteiger charge is -2.26. The van der Waals surface area contributed by atoms with E-state index in [2.05, 4.69) is 29.1 Å². The molecule has 0 bridgehead atoms. The van der Waals surface area contributed by atoms with Gasteiger partial charge in [0, 0.05) is 39.1 Å². The molecule has 0 radical (unpaired) electrons. The largest absolute Gasteiger partial charge is 0.379 e. The van der Waals surface area contributed by atoms with Crippen LogP contribution in [0.25, 0.3) is 0 Å². The van der Waals surface area contributed by atoms with Crippen LogP contribution in [0.5, 0.6) is 0 Å². The summed E-state index contributed by atoms with van der Waals surface area (Å²) in [5.41, 5.74) is 0. The van der Waals surface area contributed by atoms with Gasteiger partial charge in [0.1, 0.15) is 0 Å². The topological polar surface area (TPSA) is 44.8 Å². The fraction of sp³-hybridized carbons (Fsp3) is 0.929. The minimum Gasteiger partial charge on any atom is -0.379 e. The van der Waals surface area contributed by atoms with Crippen LogP contribution in [0, 0.1) is 0 Å². The number of nitrogens with zero attached hydrogens (tertiary/aromatic N) is 2. The summed E-state index contributed by atoms with van der Waals surface area (Å²) in [6.07, 6.45) is 3.01. The Morgan fingerprint density at radius 3 is 2.74 bits per heavy atom. The number of carbonyl (C=O) groups is 1. The van der Waals surface area contributed by atoms with E-state index in [1.807, 2.05) is 0 Å². The number of unbranched alkanes of at least 4 members (excludes halogenated alkanes) is 1. The Hall–Kier alpha value is -0.650. The van der Waals surface area contributed by atoms with Gasteiger partial charge in [-0.15, -0.1) is 0 Å². The molecule has 1 heterocycles. The zero-order chi connectivity index (χ0) is 13.9. The summed E-state index contributed by atoms with van der Waals surface area (Å²) in [6, 6.07) is 0. The Labute approximate surface area is 117 Å². The molecule has 0 aromatic carbocycles. The van der Waals surface area contributed by atoms with Crippen LogP contribution >= 0.6 is 0 Å². The van der Waals surface area contributed by atoms with Crippen molar-refractivity contribution in [1.82, 2.24) is 15.1 Å². The molecule has 0 aromatic rings. The van der Waals surface area contributed by atoms with Crippen LogP contribution < -0.4 is 5.32 Å². The van der Waals surface area contributed by atoms with Crippen molar-refractivity contribution in [2.75, 3.05) is 59.5 Å². The van der Waals surface area contributed by atoms with E-state index >= 15 is 0 Å². The van der Waals surface area contributed by atoms with Gasteiger partial charge in [0.15, 0.2) is 0 Å². The molecule has 1 aliphatic rings. The van der Waals surface area contributed by atoms with Gasteiger partial charge in [-0.05, 0) is 20.0 Å². The predicted molar refractivity (Wildman–Crippen MR) is 77.3 cm³/mol. The first kappa shape index (κ1) is 16.4. The molecule has 19 heavy (non-hydrogen) atoms. The van der Waals surface area contributed by atoms with Crippen molar-refractivity contribution in [3.05, 3.63) is 0 Å². The minimum atomic E-state index is 0.164. The van der Waals surface area contributed by atoms with E-state index in [9.17, 15) is 4.79 Å². The fourth-order valence-corrected chi connectivity index (χ4v) is 2.10. The van der Waals surface area contributed by atoms with Crippen LogP contribution in [0.3, 0.4) is 0 Å². The van der Waals surface area contributed by atoms with Crippen molar-refractivity contribution in [3.63, 3.8) is 0 Å². The Bertz CT molecular complexity index is 243. The molecule has 0 aromatic heterocycles. The van der Waals surface area contributed by atoms with Crippen molar-refractivity contribution in [2.45, 2.75) is 26.2 Å². The molecule has 0 unspecified atom stereocenters. The Kier molecular flexibility index (Phi) is 8.79. The maximum atomic E-state index is 11.7. The van der Waals surface area contributed by atoms with Gasteiger partial charge in [0.2, 0.25) is 5.91 Å². The zero-order valence-electron chi connectivity index (χ0n) is 12.5. The van der Waals surface area contributed by atoms with E-state index in [1.54, 1.807) is 0 Å². The first-order valence-corrected chi connectivity index (χ1v) is 7.47. The van der Waals surface area contributed by atoms with Gasteiger partial charge in [-0.3, -0.25) is 9.69 Å². The maximum absolute atomic E-state index is 11.7. The van der Waals surface area contributed by atoms with Gasteiger partial charge < -0.3 is 15.0 Å². The van der Waals surface area contributed by atoms with Gasteiger partial charge in [-0.25, -0.2) is 0 Å². The highest BCUT2D eigenvalue weighted by atomic mass is 16.5. The summed E-state index contributed by atoms with van der Waals surface area (Å²) in [7, 11) is 2.08. The highest BCUT2D eigenvalue weighted by Gasteiger charge is 2.10. The summed E-state index contributed by atoms with van der Waals surface area (Å²) < 4.78 is 5.29. The lowest BCUT2D eigenvalue weighted by molar-refractivity contribution is -0.121. The molecule has 0 saturated carbocycles. The highest BCUT2D eigenvalue weighted by molar-refractivity contribution is 5.76. The molecule has 1 aliphatic heterocycles. The predicted octanol–water partition coefficient (Wildman–Crippen LogP) is 0.557. The number of hydrogen-bond acceptors (Lipinski definition) is 4. The Morgan fingerprint density at radius 2 is 2.05 bits per heavy atom. The highest BCUT2D eigenvalue weighted by Crippen LogP contribution is 1.96. The number of hydrogen-bond donors (Lipinski definition) is 1. The van der Waals surface area contributed by atoms with Crippen molar-refractivity contribution >= 4 is 5.91 Å². The molecular weight excluding hydrogens is 242 g/mol. The molecule has 0 spiro atoms. The molecule has 1 rings (SSSR count). The normalized spacial score (nSPS) is 16.8. The molecule has 1 amide bonds. The monoisotopic (exact) mass is 271 g/mol. The SMILES string of the molecule is CCCCN(C)CCC(=O)NCCN1CCOCC1. The third-order valence-corrected chi connectivity index (χ3v) is 3.47. The molecule has 1 fully saturated rings. The number of amides is 1. The lowest BCUT2D eigenvalue weighted by atomic mass is 10.3. The maximum Gasteiger partial charge on any atom is 0.221 e. The van der Waals surface area contributed by atoms with E-state index in [0.717, 1.165) is 52.5 Å². The van der Waals surface area contributed by atoms with Gasteiger partial charge >= 0.3 is 0 Å². The van der Waals surface area contributed by atoms with Crippen LogP contribution in [-0.2, 0) is 9.53 Å². The number of ether oxygens (including phenoxy) is 1. The van der Waals surface area contributed by atoms with Crippen molar-refractivity contribution < 1.29 is 9.53 Å². The number of nitrogens with one attached hydrogen (secondary N) is 1. The average Bonchev–Trinajstić information content (AvgIpc) is 2.44. The standard InChI is InChI=1S/C14H29N3O2/c1-3-4-7-16(2)8-5-14(18)15-6-9-17-10-12-19-13-11-17/h3-13H2,1-2H3,(H,15,18). The second kappa shape index (κ2) is 10.2. The van der Waals surface area contributed by atoms with Crippen molar-refractivity contribution in [1.29, 1.82) is 0 Å². The molecule has 1 saturated heterocycles. The van der Waals surface area contributed by atoms with E-state index in [4.69, 9.17) is 4.74 Å². The van der Waals surface area contributed by atoms with Crippen LogP contribution in [0.1, 0.15) is 26.2 Å². The summed E-state index contributed by atoms with van der Waals surface area (Å²) in [5, 5.41) is 2.99. The Morgan fingerprint density at radius 1 is 1.32 bits per heavy atom. The van der Waals surface area contributed by atoms with Crippen molar-refractivity contribution in [3.8, 4) is 0 Å². The summed E-state index contributed by atoms with van der Waals surface area (Å²) >= 11 is 0.